The Labute approximate surface area is 64.5 Å². The van der Waals surface area contributed by atoms with Crippen molar-refractivity contribution >= 4 is 5.97 Å². The molecule has 0 unspecified atom stereocenters. The Morgan fingerprint density at radius 3 is 3.00 bits per heavy atom. The first-order valence-electron chi connectivity index (χ1n) is 3.31. The van der Waals surface area contributed by atoms with Crippen molar-refractivity contribution in [1.29, 1.82) is 0 Å². The molecule has 0 radical (unpaired) electrons. The van der Waals surface area contributed by atoms with Gasteiger partial charge in [-0.25, -0.2) is 0 Å². The summed E-state index contributed by atoms with van der Waals surface area (Å²) in [4.78, 5) is 10.4. The summed E-state index contributed by atoms with van der Waals surface area (Å²) in [7, 11) is 0. The smallest absolute Gasteiger partial charge is 0.320 e. The molecule has 1 heterocycles. The summed E-state index contributed by atoms with van der Waals surface area (Å²) in [6, 6.07) is -0.506. The van der Waals surface area contributed by atoms with Gasteiger partial charge in [-0.3, -0.25) is 4.79 Å². The number of carboxylic acids is 1. The van der Waals surface area contributed by atoms with E-state index in [0.717, 1.165) is 0 Å². The molecule has 1 saturated heterocycles. The number of carbonyl (C=O) groups is 1. The van der Waals surface area contributed by atoms with E-state index in [0.29, 0.717) is 13.0 Å². The fourth-order valence-corrected chi connectivity index (χ4v) is 1.08. The highest BCUT2D eigenvalue weighted by Gasteiger charge is 2.29. The molecule has 60 valence electrons. The molecule has 0 amide bonds. The fraction of sp³-hybridized carbons (Fsp3) is 0.571. The Morgan fingerprint density at radius 2 is 2.55 bits per heavy atom. The average molecular weight is 155 g/mol. The molecule has 0 saturated carbocycles. The molecule has 0 spiro atoms. The van der Waals surface area contributed by atoms with Crippen LogP contribution in [0.25, 0.3) is 0 Å². The van der Waals surface area contributed by atoms with Gasteiger partial charge in [-0.15, -0.1) is 0 Å². The molecule has 2 atom stereocenters. The average Bonchev–Trinajstić information content (AvgIpc) is 2.37. The number of hydrogen-bond acceptors (Lipinski definition) is 3. The number of terminal acetylenes is 1. The van der Waals surface area contributed by atoms with Gasteiger partial charge in [0.05, 0.1) is 0 Å². The molecule has 1 rings (SSSR count). The number of ether oxygens (including phenoxy) is 1. The van der Waals surface area contributed by atoms with Crippen molar-refractivity contribution < 1.29 is 14.6 Å². The van der Waals surface area contributed by atoms with Gasteiger partial charge in [0.1, 0.15) is 18.3 Å². The molecule has 1 aliphatic rings. The Bertz CT molecular complexity index is 196. The molecular weight excluding hydrogens is 146 g/mol. The minimum absolute atomic E-state index is 0.152. The Hall–Kier alpha value is -1.21. The van der Waals surface area contributed by atoms with E-state index in [1.165, 1.54) is 0 Å². The van der Waals surface area contributed by atoms with Gasteiger partial charge < -0.3 is 15.2 Å². The predicted octanol–water partition coefficient (Wildman–Crippen LogP) is -0.591. The third kappa shape index (κ3) is 1.85. The van der Waals surface area contributed by atoms with Crippen molar-refractivity contribution in [2.45, 2.75) is 18.6 Å². The zero-order valence-electron chi connectivity index (χ0n) is 5.91. The lowest BCUT2D eigenvalue weighted by atomic mass is 10.2. The predicted molar refractivity (Wildman–Crippen MR) is 37.7 cm³/mol. The van der Waals surface area contributed by atoms with E-state index in [4.69, 9.17) is 16.3 Å². The molecule has 1 aliphatic heterocycles. The zero-order chi connectivity index (χ0) is 8.27. The molecule has 4 heteroatoms. The summed E-state index contributed by atoms with van der Waals surface area (Å²) in [6.07, 6.45) is 7.21. The van der Waals surface area contributed by atoms with Crippen LogP contribution in [0.2, 0.25) is 0 Å². The lowest BCUT2D eigenvalue weighted by molar-refractivity contribution is -0.139. The first-order chi connectivity index (χ1) is 5.24. The number of carboxylic acid groups (broad SMARTS) is 1. The lowest BCUT2D eigenvalue weighted by Gasteiger charge is -2.03. The van der Waals surface area contributed by atoms with Crippen molar-refractivity contribution in [3.63, 3.8) is 0 Å². The number of aliphatic carboxylic acids is 1. The van der Waals surface area contributed by atoms with Gasteiger partial charge in [0, 0.05) is 13.0 Å². The van der Waals surface area contributed by atoms with Crippen LogP contribution in [0, 0.1) is 12.5 Å². The van der Waals surface area contributed by atoms with Crippen LogP contribution in [0.3, 0.4) is 0 Å². The normalized spacial score (nSPS) is 29.4. The molecule has 0 bridgehead atoms. The molecule has 0 aromatic carbocycles. The third-order valence-corrected chi connectivity index (χ3v) is 1.62. The first kappa shape index (κ1) is 7.89. The van der Waals surface area contributed by atoms with Crippen molar-refractivity contribution in [3.05, 3.63) is 0 Å². The Morgan fingerprint density at radius 1 is 1.82 bits per heavy atom. The molecule has 2 N–H and O–H groups in total. The van der Waals surface area contributed by atoms with E-state index in [9.17, 15) is 4.79 Å². The van der Waals surface area contributed by atoms with E-state index in [1.807, 2.05) is 6.11 Å². The maximum atomic E-state index is 10.4. The SMILES string of the molecule is C#CO[C@@H]1CN[C@@H](C(=O)O)C1. The topological polar surface area (TPSA) is 58.6 Å². The van der Waals surface area contributed by atoms with Gasteiger partial charge in [0.2, 0.25) is 0 Å². The van der Waals surface area contributed by atoms with Crippen LogP contribution in [0.1, 0.15) is 6.42 Å². The van der Waals surface area contributed by atoms with Crippen LogP contribution >= 0.6 is 0 Å². The number of hydrogen-bond donors (Lipinski definition) is 2. The van der Waals surface area contributed by atoms with Crippen LogP contribution in [0.4, 0.5) is 0 Å². The van der Waals surface area contributed by atoms with Crippen molar-refractivity contribution in [2.75, 3.05) is 6.54 Å². The highest BCUT2D eigenvalue weighted by atomic mass is 16.5. The van der Waals surface area contributed by atoms with Crippen LogP contribution in [-0.4, -0.2) is 29.8 Å². The molecule has 4 nitrogen and oxygen atoms in total. The lowest BCUT2D eigenvalue weighted by Crippen LogP contribution is -2.29. The maximum absolute atomic E-state index is 10.4. The largest absolute Gasteiger partial charge is 0.480 e. The zero-order valence-corrected chi connectivity index (χ0v) is 5.91. The quantitative estimate of drug-likeness (QED) is 0.523. The van der Waals surface area contributed by atoms with E-state index in [-0.39, 0.29) is 6.10 Å². The third-order valence-electron chi connectivity index (χ3n) is 1.62. The molecule has 1 fully saturated rings. The highest BCUT2D eigenvalue weighted by molar-refractivity contribution is 5.73. The molecule has 11 heavy (non-hydrogen) atoms. The molecule has 0 aromatic rings. The van der Waals surface area contributed by atoms with Crippen molar-refractivity contribution in [1.82, 2.24) is 5.32 Å². The second kappa shape index (κ2) is 3.26. The van der Waals surface area contributed by atoms with Crippen molar-refractivity contribution in [3.8, 4) is 12.5 Å². The first-order valence-corrected chi connectivity index (χ1v) is 3.31. The summed E-state index contributed by atoms with van der Waals surface area (Å²) in [5, 5.41) is 11.3. The standard InChI is InChI=1S/C7H9NO3/c1-2-11-5-3-6(7(9)10)8-4-5/h1,5-6,8H,3-4H2,(H,9,10)/t5-,6+/m0/s1. The van der Waals surface area contributed by atoms with Gasteiger partial charge in [-0.1, -0.05) is 6.42 Å². The van der Waals surface area contributed by atoms with Gasteiger partial charge in [0.25, 0.3) is 0 Å². The second-order valence-corrected chi connectivity index (χ2v) is 2.39. The number of rotatable bonds is 2. The van der Waals surface area contributed by atoms with Crippen LogP contribution < -0.4 is 5.32 Å². The fourth-order valence-electron chi connectivity index (χ4n) is 1.08. The van der Waals surface area contributed by atoms with Crippen LogP contribution in [0.15, 0.2) is 0 Å². The Kier molecular flexibility index (Phi) is 2.34. The van der Waals surface area contributed by atoms with Gasteiger partial charge in [-0.2, -0.15) is 0 Å². The second-order valence-electron chi connectivity index (χ2n) is 2.39. The summed E-state index contributed by atoms with van der Waals surface area (Å²) >= 11 is 0. The molecule has 0 aliphatic carbocycles. The highest BCUT2D eigenvalue weighted by Crippen LogP contribution is 2.09. The van der Waals surface area contributed by atoms with E-state index < -0.39 is 12.0 Å². The summed E-state index contributed by atoms with van der Waals surface area (Å²) in [5.41, 5.74) is 0. The van der Waals surface area contributed by atoms with E-state index in [2.05, 4.69) is 5.32 Å². The maximum Gasteiger partial charge on any atom is 0.320 e. The minimum atomic E-state index is -0.854. The van der Waals surface area contributed by atoms with Crippen LogP contribution in [0.5, 0.6) is 0 Å². The van der Waals surface area contributed by atoms with Gasteiger partial charge >= 0.3 is 5.97 Å². The molecule has 0 aromatic heterocycles. The summed E-state index contributed by atoms with van der Waals surface area (Å²) in [5.74, 6) is -0.854. The number of nitrogens with one attached hydrogen (secondary N) is 1. The minimum Gasteiger partial charge on any atom is -0.480 e. The van der Waals surface area contributed by atoms with Gasteiger partial charge in [0.15, 0.2) is 0 Å². The van der Waals surface area contributed by atoms with Crippen LogP contribution in [-0.2, 0) is 9.53 Å². The van der Waals surface area contributed by atoms with E-state index in [1.54, 1.807) is 0 Å². The van der Waals surface area contributed by atoms with E-state index >= 15 is 0 Å². The molecular formula is C7H9NO3. The Balaban J connectivity index is 2.36. The van der Waals surface area contributed by atoms with Gasteiger partial charge in [-0.05, 0) is 0 Å². The summed E-state index contributed by atoms with van der Waals surface area (Å²) in [6.45, 7) is 0.515. The van der Waals surface area contributed by atoms with Crippen molar-refractivity contribution in [2.24, 2.45) is 0 Å². The monoisotopic (exact) mass is 155 g/mol. The summed E-state index contributed by atoms with van der Waals surface area (Å²) < 4.78 is 4.79.